The van der Waals surface area contributed by atoms with Crippen molar-refractivity contribution in [2.75, 3.05) is 13.7 Å². The summed E-state index contributed by atoms with van der Waals surface area (Å²) in [5.41, 5.74) is 2.79. The van der Waals surface area contributed by atoms with E-state index in [2.05, 4.69) is 19.1 Å². The number of benzene rings is 1. The molecule has 0 spiro atoms. The van der Waals surface area contributed by atoms with Crippen molar-refractivity contribution in [1.29, 1.82) is 0 Å². The number of hydrogen-bond acceptors (Lipinski definition) is 2. The monoisotopic (exact) mass is 206 g/mol. The minimum absolute atomic E-state index is 0.265. The third-order valence-electron chi connectivity index (χ3n) is 3.45. The van der Waals surface area contributed by atoms with E-state index in [1.807, 2.05) is 6.07 Å². The van der Waals surface area contributed by atoms with Crippen LogP contribution in [0.3, 0.4) is 0 Å². The molecule has 1 N–H and O–H groups in total. The fourth-order valence-electron chi connectivity index (χ4n) is 2.46. The molecule has 0 bridgehead atoms. The van der Waals surface area contributed by atoms with Gasteiger partial charge in [0, 0.05) is 6.61 Å². The second-order valence-corrected chi connectivity index (χ2v) is 4.37. The number of ether oxygens (including phenoxy) is 1. The average Bonchev–Trinajstić information content (AvgIpc) is 2.70. The SMILES string of the molecule is COc1ccc2c(c1)C(C(C)CO)CC2. The Balaban J connectivity index is 2.31. The van der Waals surface area contributed by atoms with Gasteiger partial charge in [-0.2, -0.15) is 0 Å². The summed E-state index contributed by atoms with van der Waals surface area (Å²) < 4.78 is 5.24. The van der Waals surface area contributed by atoms with Crippen molar-refractivity contribution in [2.24, 2.45) is 5.92 Å². The summed E-state index contributed by atoms with van der Waals surface area (Å²) in [6, 6.07) is 6.29. The van der Waals surface area contributed by atoms with Crippen LogP contribution in [-0.2, 0) is 6.42 Å². The van der Waals surface area contributed by atoms with Gasteiger partial charge in [-0.15, -0.1) is 0 Å². The zero-order valence-corrected chi connectivity index (χ0v) is 9.36. The van der Waals surface area contributed by atoms with Crippen LogP contribution in [0.2, 0.25) is 0 Å². The molecular weight excluding hydrogens is 188 g/mol. The molecule has 2 heteroatoms. The van der Waals surface area contributed by atoms with E-state index in [-0.39, 0.29) is 6.61 Å². The normalized spacial score (nSPS) is 21.1. The van der Waals surface area contributed by atoms with Gasteiger partial charge >= 0.3 is 0 Å². The quantitative estimate of drug-likeness (QED) is 0.822. The largest absolute Gasteiger partial charge is 0.497 e. The Kier molecular flexibility index (Phi) is 2.96. The molecule has 0 aromatic heterocycles. The van der Waals surface area contributed by atoms with Gasteiger partial charge in [0.05, 0.1) is 7.11 Å². The highest BCUT2D eigenvalue weighted by Gasteiger charge is 2.27. The van der Waals surface area contributed by atoms with Gasteiger partial charge in [0.1, 0.15) is 5.75 Å². The van der Waals surface area contributed by atoms with Gasteiger partial charge in [0.15, 0.2) is 0 Å². The summed E-state index contributed by atoms with van der Waals surface area (Å²) in [6.45, 7) is 2.38. The zero-order valence-electron chi connectivity index (χ0n) is 9.36. The Morgan fingerprint density at radius 2 is 2.33 bits per heavy atom. The number of methoxy groups -OCH3 is 1. The molecule has 0 heterocycles. The molecule has 0 saturated heterocycles. The predicted molar refractivity (Wildman–Crippen MR) is 60.3 cm³/mol. The molecule has 1 aromatic rings. The maximum Gasteiger partial charge on any atom is 0.119 e. The van der Waals surface area contributed by atoms with Gasteiger partial charge in [-0.1, -0.05) is 13.0 Å². The number of aliphatic hydroxyl groups is 1. The first-order valence-electron chi connectivity index (χ1n) is 5.54. The summed E-state index contributed by atoms with van der Waals surface area (Å²) >= 11 is 0. The number of aliphatic hydroxyl groups excluding tert-OH is 1. The summed E-state index contributed by atoms with van der Waals surface area (Å²) in [7, 11) is 1.70. The molecule has 0 aliphatic heterocycles. The molecule has 1 aromatic carbocycles. The maximum absolute atomic E-state index is 9.22. The van der Waals surface area contributed by atoms with Crippen LogP contribution in [0.4, 0.5) is 0 Å². The predicted octanol–water partition coefficient (Wildman–Crippen LogP) is 2.35. The topological polar surface area (TPSA) is 29.5 Å². The van der Waals surface area contributed by atoms with E-state index < -0.39 is 0 Å². The third-order valence-corrected chi connectivity index (χ3v) is 3.45. The average molecular weight is 206 g/mol. The van der Waals surface area contributed by atoms with Gasteiger partial charge < -0.3 is 9.84 Å². The molecule has 2 nitrogen and oxygen atoms in total. The number of hydrogen-bond donors (Lipinski definition) is 1. The van der Waals surface area contributed by atoms with E-state index in [0.29, 0.717) is 11.8 Å². The van der Waals surface area contributed by atoms with Crippen LogP contribution in [0.15, 0.2) is 18.2 Å². The summed E-state index contributed by atoms with van der Waals surface area (Å²) in [5, 5.41) is 9.22. The molecule has 2 unspecified atom stereocenters. The second-order valence-electron chi connectivity index (χ2n) is 4.37. The molecule has 2 atom stereocenters. The van der Waals surface area contributed by atoms with E-state index in [9.17, 15) is 5.11 Å². The zero-order chi connectivity index (χ0) is 10.8. The van der Waals surface area contributed by atoms with Crippen molar-refractivity contribution >= 4 is 0 Å². The first-order chi connectivity index (χ1) is 7.26. The highest BCUT2D eigenvalue weighted by molar-refractivity contribution is 5.41. The Bertz CT molecular complexity index is 346. The molecule has 1 aliphatic carbocycles. The lowest BCUT2D eigenvalue weighted by Gasteiger charge is -2.18. The van der Waals surface area contributed by atoms with E-state index in [0.717, 1.165) is 18.6 Å². The van der Waals surface area contributed by atoms with Gasteiger partial charge in [0.2, 0.25) is 0 Å². The lowest BCUT2D eigenvalue weighted by Crippen LogP contribution is -2.10. The Labute approximate surface area is 90.9 Å². The highest BCUT2D eigenvalue weighted by Crippen LogP contribution is 2.39. The van der Waals surface area contributed by atoms with Crippen LogP contribution in [0.5, 0.6) is 5.75 Å². The van der Waals surface area contributed by atoms with Crippen molar-refractivity contribution in [1.82, 2.24) is 0 Å². The van der Waals surface area contributed by atoms with Crippen molar-refractivity contribution in [3.63, 3.8) is 0 Å². The van der Waals surface area contributed by atoms with E-state index in [1.165, 1.54) is 11.1 Å². The minimum Gasteiger partial charge on any atom is -0.497 e. The van der Waals surface area contributed by atoms with E-state index >= 15 is 0 Å². The fourth-order valence-corrected chi connectivity index (χ4v) is 2.46. The lowest BCUT2D eigenvalue weighted by molar-refractivity contribution is 0.215. The lowest BCUT2D eigenvalue weighted by atomic mass is 9.89. The Morgan fingerprint density at radius 3 is 3.00 bits per heavy atom. The molecule has 0 saturated carbocycles. The van der Waals surface area contributed by atoms with Crippen molar-refractivity contribution in [3.05, 3.63) is 29.3 Å². The maximum atomic E-state index is 9.22. The molecule has 82 valence electrons. The van der Waals surface area contributed by atoms with Crippen molar-refractivity contribution < 1.29 is 9.84 Å². The Morgan fingerprint density at radius 1 is 1.53 bits per heavy atom. The minimum atomic E-state index is 0.265. The smallest absolute Gasteiger partial charge is 0.119 e. The van der Waals surface area contributed by atoms with Crippen LogP contribution < -0.4 is 4.74 Å². The fraction of sp³-hybridized carbons (Fsp3) is 0.538. The number of rotatable bonds is 3. The standard InChI is InChI=1S/C13H18O2/c1-9(8-14)12-6-4-10-3-5-11(15-2)7-13(10)12/h3,5,7,9,12,14H,4,6,8H2,1-2H3. The van der Waals surface area contributed by atoms with Gasteiger partial charge in [-0.05, 0) is 47.9 Å². The molecule has 15 heavy (non-hydrogen) atoms. The summed E-state index contributed by atoms with van der Waals surface area (Å²) in [4.78, 5) is 0. The van der Waals surface area contributed by atoms with Crippen molar-refractivity contribution in [2.45, 2.75) is 25.7 Å². The second kappa shape index (κ2) is 4.23. The van der Waals surface area contributed by atoms with Crippen LogP contribution in [0.25, 0.3) is 0 Å². The molecule has 2 rings (SSSR count). The van der Waals surface area contributed by atoms with Gasteiger partial charge in [-0.25, -0.2) is 0 Å². The molecular formula is C13H18O2. The number of aryl methyl sites for hydroxylation is 1. The van der Waals surface area contributed by atoms with E-state index in [4.69, 9.17) is 4.74 Å². The van der Waals surface area contributed by atoms with Crippen LogP contribution >= 0.6 is 0 Å². The first-order valence-corrected chi connectivity index (χ1v) is 5.54. The number of fused-ring (bicyclic) bond motifs is 1. The molecule has 1 aliphatic rings. The van der Waals surface area contributed by atoms with Crippen LogP contribution in [0, 0.1) is 5.92 Å². The summed E-state index contributed by atoms with van der Waals surface area (Å²) in [6.07, 6.45) is 2.29. The van der Waals surface area contributed by atoms with Crippen molar-refractivity contribution in [3.8, 4) is 5.75 Å². The van der Waals surface area contributed by atoms with Crippen LogP contribution in [0.1, 0.15) is 30.4 Å². The summed E-state index contributed by atoms with van der Waals surface area (Å²) in [5.74, 6) is 1.77. The molecule has 0 fully saturated rings. The highest BCUT2D eigenvalue weighted by atomic mass is 16.5. The van der Waals surface area contributed by atoms with E-state index in [1.54, 1.807) is 7.11 Å². The van der Waals surface area contributed by atoms with Crippen LogP contribution in [-0.4, -0.2) is 18.8 Å². The van der Waals surface area contributed by atoms with Gasteiger partial charge in [-0.3, -0.25) is 0 Å². The molecule has 0 radical (unpaired) electrons. The molecule has 0 amide bonds. The Hall–Kier alpha value is -1.02. The van der Waals surface area contributed by atoms with Gasteiger partial charge in [0.25, 0.3) is 0 Å². The third kappa shape index (κ3) is 1.86. The first kappa shape index (κ1) is 10.5.